The molecule has 0 radical (unpaired) electrons. The quantitative estimate of drug-likeness (QED) is 0.572. The molecule has 1 aromatic carbocycles. The van der Waals surface area contributed by atoms with Crippen LogP contribution in [0.25, 0.3) is 11.0 Å². The molecular weight excluding hydrogens is 410 g/mol. The third kappa shape index (κ3) is 4.35. The zero-order valence-corrected chi connectivity index (χ0v) is 17.5. The van der Waals surface area contributed by atoms with E-state index in [1.165, 1.54) is 26.2 Å². The van der Waals surface area contributed by atoms with Crippen LogP contribution in [0.5, 0.6) is 5.75 Å². The summed E-state index contributed by atoms with van der Waals surface area (Å²) in [5.74, 6) is -0.0433. The van der Waals surface area contributed by atoms with Gasteiger partial charge in [-0.25, -0.2) is 9.59 Å². The fourth-order valence-electron chi connectivity index (χ4n) is 3.80. The van der Waals surface area contributed by atoms with Crippen molar-refractivity contribution >= 4 is 28.7 Å². The second-order valence-corrected chi connectivity index (χ2v) is 8.09. The van der Waals surface area contributed by atoms with E-state index in [1.54, 1.807) is 12.1 Å². The Bertz CT molecular complexity index is 1080. The molecule has 2 saturated heterocycles. The first kappa shape index (κ1) is 21.1. The van der Waals surface area contributed by atoms with Gasteiger partial charge in [-0.2, -0.15) is 0 Å². The highest BCUT2D eigenvalue weighted by atomic mass is 16.8. The van der Waals surface area contributed by atoms with Crippen LogP contribution in [0.2, 0.25) is 0 Å². The Labute approximate surface area is 177 Å². The van der Waals surface area contributed by atoms with Gasteiger partial charge in [-0.1, -0.05) is 0 Å². The molecule has 2 fully saturated rings. The molecule has 4 rings (SSSR count). The van der Waals surface area contributed by atoms with E-state index < -0.39 is 42.0 Å². The zero-order valence-electron chi connectivity index (χ0n) is 17.5. The molecule has 1 amide bonds. The van der Waals surface area contributed by atoms with E-state index in [0.29, 0.717) is 17.6 Å². The summed E-state index contributed by atoms with van der Waals surface area (Å²) < 4.78 is 33.5. The summed E-state index contributed by atoms with van der Waals surface area (Å²) in [7, 11) is 1.53. The minimum atomic E-state index is -0.977. The largest absolute Gasteiger partial charge is 0.509 e. The number of ether oxygens (including phenoxy) is 5. The summed E-state index contributed by atoms with van der Waals surface area (Å²) >= 11 is 0. The predicted octanol–water partition coefficient (Wildman–Crippen LogP) is 2.57. The van der Waals surface area contributed by atoms with Crippen LogP contribution >= 0.6 is 0 Å². The van der Waals surface area contributed by atoms with Gasteiger partial charge in [-0.15, -0.1) is 0 Å². The van der Waals surface area contributed by atoms with Gasteiger partial charge in [-0.3, -0.25) is 4.79 Å². The van der Waals surface area contributed by atoms with Crippen molar-refractivity contribution < 1.29 is 37.7 Å². The van der Waals surface area contributed by atoms with Crippen LogP contribution in [0.3, 0.4) is 0 Å². The highest BCUT2D eigenvalue weighted by molar-refractivity contribution is 5.91. The molecule has 0 bridgehead atoms. The van der Waals surface area contributed by atoms with E-state index in [4.69, 9.17) is 28.1 Å². The Morgan fingerprint density at radius 3 is 2.61 bits per heavy atom. The van der Waals surface area contributed by atoms with E-state index >= 15 is 0 Å². The van der Waals surface area contributed by atoms with Crippen LogP contribution in [0.1, 0.15) is 27.2 Å². The summed E-state index contributed by atoms with van der Waals surface area (Å²) in [5.41, 5.74) is -1.03. The lowest BCUT2D eigenvalue weighted by atomic mass is 9.97. The molecule has 0 saturated carbocycles. The number of carbonyl (C=O) groups excluding carboxylic acids is 2. The van der Waals surface area contributed by atoms with Crippen molar-refractivity contribution in [1.82, 2.24) is 0 Å². The van der Waals surface area contributed by atoms with Crippen LogP contribution in [0.15, 0.2) is 33.5 Å². The highest BCUT2D eigenvalue weighted by Gasteiger charge is 2.53. The standard InChI is InChI=1S/C21H23NO9/c1-10(23)22-13-7-11-5-6-12(8-14(11)28-18(13)24)27-19-17-16(29-20(25)30-17)15(26-4)9-21(2,3)31-19/h5-8,15-17,19H,9H2,1-4H3,(H,22,23)/t15?,16-,17?,19+/m0/s1. The van der Waals surface area contributed by atoms with Gasteiger partial charge in [0.05, 0.1) is 5.60 Å². The summed E-state index contributed by atoms with van der Waals surface area (Å²) in [6.45, 7) is 5.05. The first-order valence-electron chi connectivity index (χ1n) is 9.75. The number of fused-ring (bicyclic) bond motifs is 2. The van der Waals surface area contributed by atoms with Crippen molar-refractivity contribution in [3.63, 3.8) is 0 Å². The number of hydrogen-bond donors (Lipinski definition) is 1. The van der Waals surface area contributed by atoms with E-state index in [-0.39, 0.29) is 17.2 Å². The van der Waals surface area contributed by atoms with Crippen LogP contribution in [0.4, 0.5) is 10.5 Å². The number of hydrogen-bond acceptors (Lipinski definition) is 9. The molecule has 2 unspecified atom stereocenters. The molecule has 31 heavy (non-hydrogen) atoms. The van der Waals surface area contributed by atoms with Crippen molar-refractivity contribution in [3.05, 3.63) is 34.7 Å². The summed E-state index contributed by atoms with van der Waals surface area (Å²) in [6.07, 6.45) is -3.30. The van der Waals surface area contributed by atoms with E-state index in [0.717, 1.165) is 0 Å². The minimum Gasteiger partial charge on any atom is -0.461 e. The molecule has 2 aromatic rings. The number of carbonyl (C=O) groups is 2. The molecule has 2 aliphatic heterocycles. The van der Waals surface area contributed by atoms with Gasteiger partial charge in [0, 0.05) is 31.9 Å². The minimum absolute atomic E-state index is 0.0472. The average Bonchev–Trinajstić information content (AvgIpc) is 3.03. The first-order valence-corrected chi connectivity index (χ1v) is 9.75. The predicted molar refractivity (Wildman–Crippen MR) is 107 cm³/mol. The molecule has 0 aliphatic carbocycles. The first-order chi connectivity index (χ1) is 14.6. The number of rotatable bonds is 4. The van der Waals surface area contributed by atoms with E-state index in [2.05, 4.69) is 5.32 Å². The van der Waals surface area contributed by atoms with Crippen molar-refractivity contribution in [2.45, 2.75) is 57.4 Å². The van der Waals surface area contributed by atoms with E-state index in [9.17, 15) is 14.4 Å². The maximum absolute atomic E-state index is 12.1. The molecule has 166 valence electrons. The van der Waals surface area contributed by atoms with Gasteiger partial charge in [0.2, 0.25) is 18.3 Å². The van der Waals surface area contributed by atoms with Crippen molar-refractivity contribution in [3.8, 4) is 5.75 Å². The molecule has 10 nitrogen and oxygen atoms in total. The third-order valence-corrected chi connectivity index (χ3v) is 5.12. The van der Waals surface area contributed by atoms with Gasteiger partial charge in [0.15, 0.2) is 6.10 Å². The molecule has 0 spiro atoms. The van der Waals surface area contributed by atoms with Gasteiger partial charge < -0.3 is 33.4 Å². The molecule has 1 aromatic heterocycles. The van der Waals surface area contributed by atoms with Crippen molar-refractivity contribution in [2.24, 2.45) is 0 Å². The second kappa shape index (κ2) is 7.86. The van der Waals surface area contributed by atoms with Gasteiger partial charge in [0.25, 0.3) is 0 Å². The fourth-order valence-corrected chi connectivity index (χ4v) is 3.80. The smallest absolute Gasteiger partial charge is 0.461 e. The second-order valence-electron chi connectivity index (χ2n) is 8.09. The Balaban J connectivity index is 1.64. The third-order valence-electron chi connectivity index (χ3n) is 5.12. The number of benzene rings is 1. The Kier molecular flexibility index (Phi) is 5.36. The van der Waals surface area contributed by atoms with Crippen LogP contribution in [0, 0.1) is 0 Å². The monoisotopic (exact) mass is 433 g/mol. The van der Waals surface area contributed by atoms with Gasteiger partial charge >= 0.3 is 11.8 Å². The molecule has 1 N–H and O–H groups in total. The molecule has 2 aliphatic rings. The number of amides is 1. The number of nitrogens with one attached hydrogen (secondary N) is 1. The maximum Gasteiger partial charge on any atom is 0.509 e. The topological polar surface area (TPSA) is 123 Å². The molecule has 10 heteroatoms. The Morgan fingerprint density at radius 2 is 1.90 bits per heavy atom. The number of methoxy groups -OCH3 is 1. The summed E-state index contributed by atoms with van der Waals surface area (Å²) in [4.78, 5) is 35.1. The Hall–Kier alpha value is -3.11. The summed E-state index contributed by atoms with van der Waals surface area (Å²) in [6, 6.07) is 6.37. The van der Waals surface area contributed by atoms with Gasteiger partial charge in [-0.05, 0) is 32.0 Å². The normalized spacial score (nSPS) is 27.0. The molecular formula is C21H23NO9. The fraction of sp³-hybridized carbons (Fsp3) is 0.476. The van der Waals surface area contributed by atoms with Crippen molar-refractivity contribution in [1.29, 1.82) is 0 Å². The van der Waals surface area contributed by atoms with E-state index in [1.807, 2.05) is 13.8 Å². The Morgan fingerprint density at radius 1 is 1.16 bits per heavy atom. The SMILES string of the molecule is COC1CC(C)(C)O[C@@H](Oc2ccc3cc(NC(C)=O)c(=O)oc3c2)C2OC(=O)O[C@@H]12. The van der Waals surface area contributed by atoms with Crippen molar-refractivity contribution in [2.75, 3.05) is 12.4 Å². The lowest BCUT2D eigenvalue weighted by Crippen LogP contribution is -2.44. The lowest BCUT2D eigenvalue weighted by molar-refractivity contribution is -0.189. The van der Waals surface area contributed by atoms with Crippen LogP contribution in [-0.4, -0.2) is 49.4 Å². The van der Waals surface area contributed by atoms with Crippen LogP contribution in [-0.2, 0) is 23.7 Å². The number of anilines is 1. The summed E-state index contributed by atoms with van der Waals surface area (Å²) in [5, 5.41) is 3.02. The van der Waals surface area contributed by atoms with Crippen LogP contribution < -0.4 is 15.7 Å². The average molecular weight is 433 g/mol. The maximum atomic E-state index is 12.1. The van der Waals surface area contributed by atoms with Gasteiger partial charge in [0.1, 0.15) is 23.1 Å². The zero-order chi connectivity index (χ0) is 22.3. The molecule has 3 heterocycles. The molecule has 4 atom stereocenters. The lowest BCUT2D eigenvalue weighted by Gasteiger charge is -2.30. The highest BCUT2D eigenvalue weighted by Crippen LogP contribution is 2.36.